The van der Waals surface area contributed by atoms with Crippen LogP contribution in [0.15, 0.2) is 47.3 Å². The van der Waals surface area contributed by atoms with Crippen molar-refractivity contribution in [2.75, 3.05) is 36.5 Å². The first-order valence-corrected chi connectivity index (χ1v) is 8.95. The number of fused-ring (bicyclic) bond motifs is 1. The van der Waals surface area contributed by atoms with E-state index in [0.717, 1.165) is 29.8 Å². The highest BCUT2D eigenvalue weighted by molar-refractivity contribution is 6.07. The predicted octanol–water partition coefficient (Wildman–Crippen LogP) is 1.97. The zero-order valence-electron chi connectivity index (χ0n) is 15.4. The van der Waals surface area contributed by atoms with Crippen molar-refractivity contribution in [1.82, 2.24) is 9.13 Å². The molecule has 4 rings (SSSR count). The summed E-state index contributed by atoms with van der Waals surface area (Å²) in [6.07, 6.45) is 0. The average Bonchev–Trinajstić information content (AvgIpc) is 2.92. The fraction of sp³-hybridized carbons (Fsp3) is 0.300. The van der Waals surface area contributed by atoms with E-state index in [4.69, 9.17) is 4.74 Å². The van der Waals surface area contributed by atoms with Crippen molar-refractivity contribution in [3.63, 3.8) is 0 Å². The highest BCUT2D eigenvalue weighted by Crippen LogP contribution is 2.32. The van der Waals surface area contributed by atoms with Crippen molar-refractivity contribution < 1.29 is 9.53 Å². The van der Waals surface area contributed by atoms with Gasteiger partial charge in [0, 0.05) is 32.7 Å². The molecule has 1 amide bonds. The highest BCUT2D eigenvalue weighted by atomic mass is 16.5. The van der Waals surface area contributed by atoms with E-state index in [1.807, 2.05) is 30.3 Å². The Balaban J connectivity index is 1.82. The van der Waals surface area contributed by atoms with Crippen LogP contribution in [0.1, 0.15) is 10.4 Å². The maximum absolute atomic E-state index is 12.7. The molecule has 0 spiro atoms. The number of aryl methyl sites for hydroxylation is 2. The summed E-state index contributed by atoms with van der Waals surface area (Å²) in [6.45, 7) is 2.75. The van der Waals surface area contributed by atoms with Gasteiger partial charge in [-0.05, 0) is 24.3 Å². The van der Waals surface area contributed by atoms with Gasteiger partial charge in [-0.3, -0.25) is 13.9 Å². The molecule has 1 N–H and O–H groups in total. The summed E-state index contributed by atoms with van der Waals surface area (Å²) in [5, 5.41) is 3.03. The molecule has 0 saturated carbocycles. The summed E-state index contributed by atoms with van der Waals surface area (Å²) >= 11 is 0. The lowest BCUT2D eigenvalue weighted by Gasteiger charge is -2.30. The van der Waals surface area contributed by atoms with Gasteiger partial charge in [0.2, 0.25) is 0 Å². The number of carbonyl (C=O) groups is 1. The topological polar surface area (TPSA) is 68.5 Å². The molecule has 1 aromatic heterocycles. The van der Waals surface area contributed by atoms with E-state index in [-0.39, 0.29) is 11.6 Å². The highest BCUT2D eigenvalue weighted by Gasteiger charge is 2.20. The Kier molecular flexibility index (Phi) is 4.45. The monoisotopic (exact) mass is 366 g/mol. The van der Waals surface area contributed by atoms with Crippen molar-refractivity contribution in [2.24, 2.45) is 14.1 Å². The Hall–Kier alpha value is -3.06. The fourth-order valence-electron chi connectivity index (χ4n) is 3.48. The molecule has 0 bridgehead atoms. The van der Waals surface area contributed by atoms with Crippen molar-refractivity contribution >= 4 is 28.3 Å². The van der Waals surface area contributed by atoms with E-state index >= 15 is 0 Å². The summed E-state index contributed by atoms with van der Waals surface area (Å²) in [6, 6.07) is 13.0. The minimum atomic E-state index is -0.176. The van der Waals surface area contributed by atoms with Crippen molar-refractivity contribution in [3.05, 3.63) is 58.5 Å². The molecule has 0 radical (unpaired) electrons. The zero-order chi connectivity index (χ0) is 19.0. The molecule has 7 nitrogen and oxygen atoms in total. The maximum Gasteiger partial charge on any atom is 0.328 e. The number of rotatable bonds is 3. The van der Waals surface area contributed by atoms with Crippen molar-refractivity contribution in [3.8, 4) is 0 Å². The number of ether oxygens (including phenoxy) is 1. The maximum atomic E-state index is 12.7. The van der Waals surface area contributed by atoms with Gasteiger partial charge in [0.15, 0.2) is 0 Å². The molecule has 2 aromatic carbocycles. The third kappa shape index (κ3) is 3.10. The molecule has 1 fully saturated rings. The first-order valence-electron chi connectivity index (χ1n) is 8.95. The molecule has 3 aromatic rings. The number of hydrogen-bond donors (Lipinski definition) is 1. The lowest BCUT2D eigenvalue weighted by Crippen LogP contribution is -2.36. The second kappa shape index (κ2) is 6.92. The molecule has 1 aliphatic rings. The number of hydrogen-bond acceptors (Lipinski definition) is 4. The molecule has 0 unspecified atom stereocenters. The van der Waals surface area contributed by atoms with Gasteiger partial charge in [-0.25, -0.2) is 4.79 Å². The van der Waals surface area contributed by atoms with Crippen LogP contribution in [0, 0.1) is 0 Å². The number of aromatic nitrogens is 2. The van der Waals surface area contributed by atoms with E-state index in [2.05, 4.69) is 10.2 Å². The Morgan fingerprint density at radius 1 is 1.00 bits per heavy atom. The third-order valence-electron chi connectivity index (χ3n) is 5.03. The second-order valence-electron chi connectivity index (χ2n) is 6.68. The van der Waals surface area contributed by atoms with Crippen LogP contribution in [0.5, 0.6) is 0 Å². The first-order chi connectivity index (χ1) is 13.1. The number of nitrogens with zero attached hydrogens (tertiary/aromatic N) is 3. The van der Waals surface area contributed by atoms with Crippen molar-refractivity contribution in [2.45, 2.75) is 0 Å². The summed E-state index contributed by atoms with van der Waals surface area (Å²) in [7, 11) is 3.50. The SMILES string of the molecule is Cn1c(=O)n(C)c2cc(N3CCOCC3)c(NC(=O)c3ccccc3)cc21. The first kappa shape index (κ1) is 17.4. The van der Waals surface area contributed by atoms with Crippen LogP contribution >= 0.6 is 0 Å². The summed E-state index contributed by atoms with van der Waals surface area (Å²) < 4.78 is 8.68. The van der Waals surface area contributed by atoms with Crippen LogP contribution < -0.4 is 15.9 Å². The molecule has 1 saturated heterocycles. The van der Waals surface area contributed by atoms with Crippen LogP contribution in [0.3, 0.4) is 0 Å². The van der Waals surface area contributed by atoms with Gasteiger partial charge in [0.1, 0.15) is 0 Å². The van der Waals surface area contributed by atoms with Crippen LogP contribution in [0.2, 0.25) is 0 Å². The van der Waals surface area contributed by atoms with Gasteiger partial charge in [0.05, 0.1) is 35.6 Å². The number of nitrogens with one attached hydrogen (secondary N) is 1. The Bertz CT molecular complexity index is 1050. The number of benzene rings is 2. The van der Waals surface area contributed by atoms with Crippen LogP contribution in [0.25, 0.3) is 11.0 Å². The molecular formula is C20H22N4O3. The summed E-state index contributed by atoms with van der Waals surface area (Å²) in [4.78, 5) is 27.2. The fourth-order valence-corrected chi connectivity index (χ4v) is 3.48. The van der Waals surface area contributed by atoms with Crippen LogP contribution in [-0.4, -0.2) is 41.3 Å². The molecule has 0 aliphatic carbocycles. The van der Waals surface area contributed by atoms with Gasteiger partial charge in [-0.15, -0.1) is 0 Å². The lowest BCUT2D eigenvalue weighted by molar-refractivity contribution is 0.102. The van der Waals surface area contributed by atoms with Crippen LogP contribution in [0.4, 0.5) is 11.4 Å². The normalized spacial score (nSPS) is 14.5. The number of carbonyl (C=O) groups excluding carboxylic acids is 1. The largest absolute Gasteiger partial charge is 0.378 e. The van der Waals surface area contributed by atoms with Gasteiger partial charge in [-0.2, -0.15) is 0 Å². The zero-order valence-corrected chi connectivity index (χ0v) is 15.4. The van der Waals surface area contributed by atoms with E-state index in [0.29, 0.717) is 24.5 Å². The molecule has 0 atom stereocenters. The van der Waals surface area contributed by atoms with E-state index in [1.165, 1.54) is 0 Å². The number of amides is 1. The Morgan fingerprint density at radius 2 is 1.63 bits per heavy atom. The van der Waals surface area contributed by atoms with Gasteiger partial charge in [-0.1, -0.05) is 18.2 Å². The van der Waals surface area contributed by atoms with Gasteiger partial charge >= 0.3 is 5.69 Å². The van der Waals surface area contributed by atoms with E-state index in [1.54, 1.807) is 35.4 Å². The Morgan fingerprint density at radius 3 is 2.30 bits per heavy atom. The standard InChI is InChI=1S/C20H22N4O3/c1-22-17-12-15(21-19(25)14-6-4-3-5-7-14)16(24-8-10-27-11-9-24)13-18(17)23(2)20(22)26/h3-7,12-13H,8-11H2,1-2H3,(H,21,25). The molecular weight excluding hydrogens is 344 g/mol. The minimum Gasteiger partial charge on any atom is -0.378 e. The third-order valence-corrected chi connectivity index (χ3v) is 5.03. The number of morpholine rings is 1. The Labute approximate surface area is 156 Å². The minimum absolute atomic E-state index is 0.0931. The molecule has 2 heterocycles. The van der Waals surface area contributed by atoms with Gasteiger partial charge < -0.3 is 15.0 Å². The molecule has 1 aliphatic heterocycles. The smallest absolute Gasteiger partial charge is 0.328 e. The number of imidazole rings is 1. The van der Waals surface area contributed by atoms with E-state index in [9.17, 15) is 9.59 Å². The lowest BCUT2D eigenvalue weighted by atomic mass is 10.1. The summed E-state index contributed by atoms with van der Waals surface area (Å²) in [5.41, 5.74) is 3.71. The number of anilines is 2. The molecule has 7 heteroatoms. The quantitative estimate of drug-likeness (QED) is 0.770. The van der Waals surface area contributed by atoms with Crippen LogP contribution in [-0.2, 0) is 18.8 Å². The van der Waals surface area contributed by atoms with Crippen molar-refractivity contribution in [1.29, 1.82) is 0 Å². The summed E-state index contributed by atoms with van der Waals surface area (Å²) in [5.74, 6) is -0.176. The second-order valence-corrected chi connectivity index (χ2v) is 6.68. The molecule has 27 heavy (non-hydrogen) atoms. The van der Waals surface area contributed by atoms with Gasteiger partial charge in [0.25, 0.3) is 5.91 Å². The molecule has 140 valence electrons. The van der Waals surface area contributed by atoms with E-state index < -0.39 is 0 Å². The average molecular weight is 366 g/mol. The predicted molar refractivity (Wildman–Crippen MR) is 106 cm³/mol.